The first kappa shape index (κ1) is 14.6. The second-order valence-corrected chi connectivity index (χ2v) is 5.24. The molecule has 0 spiro atoms. The maximum absolute atomic E-state index is 12.8. The van der Waals surface area contributed by atoms with Gasteiger partial charge in [-0.15, -0.1) is 0 Å². The number of ether oxygens (including phenoxy) is 2. The van der Waals surface area contributed by atoms with Gasteiger partial charge in [-0.1, -0.05) is 28.1 Å². The van der Waals surface area contributed by atoms with Crippen molar-refractivity contribution in [2.75, 3.05) is 14.2 Å². The van der Waals surface area contributed by atoms with Gasteiger partial charge in [0.25, 0.3) is 0 Å². The molecule has 0 N–H and O–H groups in total. The summed E-state index contributed by atoms with van der Waals surface area (Å²) in [5.74, 6) is 0.903. The molecule has 2 rings (SSSR count). The number of hydrogen-bond acceptors (Lipinski definition) is 3. The van der Waals surface area contributed by atoms with E-state index in [1.807, 2.05) is 25.1 Å². The first-order valence-electron chi connectivity index (χ1n) is 6.10. The van der Waals surface area contributed by atoms with Gasteiger partial charge >= 0.3 is 0 Å². The van der Waals surface area contributed by atoms with E-state index in [1.54, 1.807) is 32.4 Å². The molecular formula is C16H15BrO3. The van der Waals surface area contributed by atoms with E-state index in [-0.39, 0.29) is 5.78 Å². The van der Waals surface area contributed by atoms with Crippen molar-refractivity contribution < 1.29 is 14.3 Å². The van der Waals surface area contributed by atoms with Crippen LogP contribution in [0.4, 0.5) is 0 Å². The van der Waals surface area contributed by atoms with Gasteiger partial charge in [-0.3, -0.25) is 4.79 Å². The smallest absolute Gasteiger partial charge is 0.200 e. The number of benzene rings is 2. The molecule has 0 saturated heterocycles. The highest BCUT2D eigenvalue weighted by Gasteiger charge is 2.21. The van der Waals surface area contributed by atoms with E-state index in [4.69, 9.17) is 9.47 Å². The lowest BCUT2D eigenvalue weighted by molar-refractivity contribution is 0.103. The minimum absolute atomic E-state index is 0.113. The zero-order chi connectivity index (χ0) is 14.7. The molecule has 0 unspecified atom stereocenters. The van der Waals surface area contributed by atoms with E-state index < -0.39 is 0 Å². The topological polar surface area (TPSA) is 35.5 Å². The van der Waals surface area contributed by atoms with E-state index in [2.05, 4.69) is 15.9 Å². The minimum Gasteiger partial charge on any atom is -0.496 e. The summed E-state index contributed by atoms with van der Waals surface area (Å²) in [5.41, 5.74) is 1.98. The summed E-state index contributed by atoms with van der Waals surface area (Å²) in [7, 11) is 3.08. The third-order valence-corrected chi connectivity index (χ3v) is 3.59. The van der Waals surface area contributed by atoms with Crippen LogP contribution in [0.3, 0.4) is 0 Å². The predicted octanol–water partition coefficient (Wildman–Crippen LogP) is 4.01. The number of carbonyl (C=O) groups is 1. The minimum atomic E-state index is -0.113. The van der Waals surface area contributed by atoms with Crippen LogP contribution in [0.25, 0.3) is 0 Å². The number of halogens is 1. The quantitative estimate of drug-likeness (QED) is 0.792. The molecule has 0 bridgehead atoms. The SMILES string of the molecule is COc1cccc(OC)c1C(=O)c1cc(Br)ccc1C. The van der Waals surface area contributed by atoms with Crippen molar-refractivity contribution in [1.82, 2.24) is 0 Å². The Hall–Kier alpha value is -1.81. The Balaban J connectivity index is 2.61. The van der Waals surface area contributed by atoms with Gasteiger partial charge in [0.1, 0.15) is 17.1 Å². The second kappa shape index (κ2) is 6.09. The van der Waals surface area contributed by atoms with Crippen molar-refractivity contribution in [3.63, 3.8) is 0 Å². The Morgan fingerprint density at radius 2 is 1.65 bits per heavy atom. The van der Waals surface area contributed by atoms with Gasteiger partial charge in [-0.25, -0.2) is 0 Å². The molecule has 4 heteroatoms. The summed E-state index contributed by atoms with van der Waals surface area (Å²) < 4.78 is 11.4. The molecule has 0 aliphatic heterocycles. The van der Waals surface area contributed by atoms with Gasteiger partial charge in [-0.05, 0) is 36.8 Å². The summed E-state index contributed by atoms with van der Waals surface area (Å²) in [6.07, 6.45) is 0. The third kappa shape index (κ3) is 2.70. The van der Waals surface area contributed by atoms with Crippen LogP contribution in [-0.2, 0) is 0 Å². The normalized spacial score (nSPS) is 10.2. The molecule has 2 aromatic carbocycles. The molecule has 0 heterocycles. The lowest BCUT2D eigenvalue weighted by Crippen LogP contribution is -2.08. The molecule has 2 aromatic rings. The first-order valence-corrected chi connectivity index (χ1v) is 6.89. The Morgan fingerprint density at radius 3 is 2.20 bits per heavy atom. The Labute approximate surface area is 126 Å². The maximum atomic E-state index is 12.8. The summed E-state index contributed by atoms with van der Waals surface area (Å²) in [5, 5.41) is 0. The molecule has 0 aliphatic carbocycles. The van der Waals surface area contributed by atoms with Crippen LogP contribution in [-0.4, -0.2) is 20.0 Å². The summed E-state index contributed by atoms with van der Waals surface area (Å²) in [6, 6.07) is 10.9. The number of aryl methyl sites for hydroxylation is 1. The van der Waals surface area contributed by atoms with Crippen LogP contribution in [0, 0.1) is 6.92 Å². The third-order valence-electron chi connectivity index (χ3n) is 3.10. The van der Waals surface area contributed by atoms with Gasteiger partial charge in [0.2, 0.25) is 5.78 Å². The van der Waals surface area contributed by atoms with Crippen molar-refractivity contribution >= 4 is 21.7 Å². The van der Waals surface area contributed by atoms with E-state index >= 15 is 0 Å². The van der Waals surface area contributed by atoms with Gasteiger partial charge < -0.3 is 9.47 Å². The van der Waals surface area contributed by atoms with Crippen LogP contribution < -0.4 is 9.47 Å². The van der Waals surface area contributed by atoms with Gasteiger partial charge in [0, 0.05) is 10.0 Å². The van der Waals surface area contributed by atoms with E-state index in [0.29, 0.717) is 22.6 Å². The lowest BCUT2D eigenvalue weighted by Gasteiger charge is -2.13. The van der Waals surface area contributed by atoms with Crippen molar-refractivity contribution in [2.24, 2.45) is 0 Å². The molecule has 0 fully saturated rings. The van der Waals surface area contributed by atoms with Crippen LogP contribution >= 0.6 is 15.9 Å². The highest BCUT2D eigenvalue weighted by atomic mass is 79.9. The molecule has 0 aromatic heterocycles. The Morgan fingerprint density at radius 1 is 1.05 bits per heavy atom. The van der Waals surface area contributed by atoms with Crippen LogP contribution in [0.1, 0.15) is 21.5 Å². The van der Waals surface area contributed by atoms with Gasteiger partial charge in [0.15, 0.2) is 0 Å². The van der Waals surface area contributed by atoms with E-state index in [1.165, 1.54) is 0 Å². The Kier molecular flexibility index (Phi) is 4.45. The van der Waals surface area contributed by atoms with Crippen LogP contribution in [0.15, 0.2) is 40.9 Å². The average Bonchev–Trinajstić information content (AvgIpc) is 2.48. The van der Waals surface area contributed by atoms with Crippen molar-refractivity contribution in [2.45, 2.75) is 6.92 Å². The standard InChI is InChI=1S/C16H15BrO3/c1-10-7-8-11(17)9-12(10)16(18)15-13(19-2)5-4-6-14(15)20-3/h4-9H,1-3H3. The first-order chi connectivity index (χ1) is 9.58. The van der Waals surface area contributed by atoms with Crippen LogP contribution in [0.5, 0.6) is 11.5 Å². The molecule has 0 aliphatic rings. The summed E-state index contributed by atoms with van der Waals surface area (Å²) in [4.78, 5) is 12.8. The zero-order valence-electron chi connectivity index (χ0n) is 11.6. The summed E-state index contributed by atoms with van der Waals surface area (Å²) >= 11 is 3.39. The molecule has 0 amide bonds. The molecule has 20 heavy (non-hydrogen) atoms. The highest BCUT2D eigenvalue weighted by molar-refractivity contribution is 9.10. The predicted molar refractivity (Wildman–Crippen MR) is 81.9 cm³/mol. The maximum Gasteiger partial charge on any atom is 0.200 e. The zero-order valence-corrected chi connectivity index (χ0v) is 13.2. The monoisotopic (exact) mass is 334 g/mol. The fourth-order valence-electron chi connectivity index (χ4n) is 2.05. The van der Waals surface area contributed by atoms with Crippen molar-refractivity contribution in [3.8, 4) is 11.5 Å². The summed E-state index contributed by atoms with van der Waals surface area (Å²) in [6.45, 7) is 1.90. The van der Waals surface area contributed by atoms with E-state index in [9.17, 15) is 4.79 Å². The fraction of sp³-hybridized carbons (Fsp3) is 0.188. The molecule has 0 atom stereocenters. The molecule has 3 nitrogen and oxygen atoms in total. The van der Waals surface area contributed by atoms with Gasteiger partial charge in [-0.2, -0.15) is 0 Å². The fourth-order valence-corrected chi connectivity index (χ4v) is 2.41. The number of hydrogen-bond donors (Lipinski definition) is 0. The average molecular weight is 335 g/mol. The molecule has 0 radical (unpaired) electrons. The van der Waals surface area contributed by atoms with Crippen LogP contribution in [0.2, 0.25) is 0 Å². The molecule has 104 valence electrons. The van der Waals surface area contributed by atoms with Gasteiger partial charge in [0.05, 0.1) is 14.2 Å². The highest BCUT2D eigenvalue weighted by Crippen LogP contribution is 2.32. The number of methoxy groups -OCH3 is 2. The second-order valence-electron chi connectivity index (χ2n) is 4.33. The Bertz CT molecular complexity index is 628. The van der Waals surface area contributed by atoms with E-state index in [0.717, 1.165) is 10.0 Å². The lowest BCUT2D eigenvalue weighted by atomic mass is 9.98. The van der Waals surface area contributed by atoms with Crippen molar-refractivity contribution in [3.05, 3.63) is 57.6 Å². The number of carbonyl (C=O) groups excluding carboxylic acids is 1. The molecule has 0 saturated carbocycles. The largest absolute Gasteiger partial charge is 0.496 e. The molecular weight excluding hydrogens is 320 g/mol. The number of rotatable bonds is 4. The van der Waals surface area contributed by atoms with Crippen molar-refractivity contribution in [1.29, 1.82) is 0 Å². The number of ketones is 1.